The fraction of sp³-hybridized carbons (Fsp3) is 0.0833. The summed E-state index contributed by atoms with van der Waals surface area (Å²) in [5.74, 6) is -0.981. The molecule has 0 aliphatic rings. The molecule has 74 valence electrons. The van der Waals surface area contributed by atoms with Crippen molar-refractivity contribution < 1.29 is 9.90 Å². The molecule has 0 spiro atoms. The molecule has 0 atom stereocenters. The number of hydrogen-bond acceptors (Lipinski definition) is 1. The molecule has 1 rings (SSSR count). The number of hydrogen-bond donors (Lipinski definition) is 1. The van der Waals surface area contributed by atoms with Gasteiger partial charge in [0, 0.05) is 6.08 Å². The van der Waals surface area contributed by atoms with Crippen molar-refractivity contribution >= 4 is 11.5 Å². The maximum absolute atomic E-state index is 9.25. The van der Waals surface area contributed by atoms with Crippen LogP contribution in [0.25, 0.3) is 5.57 Å². The van der Waals surface area contributed by atoms with Gasteiger partial charge in [0.1, 0.15) is 0 Å². The third-order valence-electron chi connectivity index (χ3n) is 1.44. The quantitative estimate of drug-likeness (QED) is 0.728. The maximum Gasteiger partial charge on any atom is 0.327 e. The predicted molar refractivity (Wildman–Crippen MR) is 59.0 cm³/mol. The number of benzene rings is 1. The molecule has 0 radical (unpaired) electrons. The van der Waals surface area contributed by atoms with Gasteiger partial charge in [0.05, 0.1) is 0 Å². The van der Waals surface area contributed by atoms with Crippen LogP contribution in [0.15, 0.2) is 49.6 Å². The predicted octanol–water partition coefficient (Wildman–Crippen LogP) is 2.98. The van der Waals surface area contributed by atoms with Crippen LogP contribution in [-0.2, 0) is 4.79 Å². The molecule has 0 saturated carbocycles. The lowest BCUT2D eigenvalue weighted by Gasteiger charge is -1.94. The third-order valence-corrected chi connectivity index (χ3v) is 1.44. The van der Waals surface area contributed by atoms with Crippen LogP contribution < -0.4 is 0 Å². The minimum absolute atomic E-state index is 0.833. The molecule has 1 aromatic carbocycles. The van der Waals surface area contributed by atoms with Crippen molar-refractivity contribution in [2.24, 2.45) is 0 Å². The summed E-state index contributed by atoms with van der Waals surface area (Å²) in [6, 6.07) is 10.2. The Morgan fingerprint density at radius 3 is 2.00 bits per heavy atom. The van der Waals surface area contributed by atoms with Gasteiger partial charge in [-0.3, -0.25) is 0 Å². The molecular weight excluding hydrogens is 176 g/mol. The van der Waals surface area contributed by atoms with Crippen molar-refractivity contribution in [1.82, 2.24) is 0 Å². The van der Waals surface area contributed by atoms with E-state index in [0.29, 0.717) is 0 Å². The lowest BCUT2D eigenvalue weighted by molar-refractivity contribution is -0.131. The molecule has 0 aromatic heterocycles. The highest BCUT2D eigenvalue weighted by atomic mass is 16.4. The Bertz CT molecular complexity index is 312. The van der Waals surface area contributed by atoms with Gasteiger partial charge in [-0.25, -0.2) is 4.79 Å². The van der Waals surface area contributed by atoms with Crippen molar-refractivity contribution in [2.45, 2.75) is 6.92 Å². The van der Waals surface area contributed by atoms with E-state index in [9.17, 15) is 4.79 Å². The minimum atomic E-state index is -0.981. The molecule has 2 nitrogen and oxygen atoms in total. The normalized spacial score (nSPS) is 8.07. The Kier molecular flexibility index (Phi) is 5.79. The molecule has 0 aliphatic carbocycles. The van der Waals surface area contributed by atoms with Gasteiger partial charge < -0.3 is 5.11 Å². The highest BCUT2D eigenvalue weighted by molar-refractivity contribution is 5.78. The number of carbonyl (C=O) groups is 1. The summed E-state index contributed by atoms with van der Waals surface area (Å²) in [6.45, 7) is 8.80. The van der Waals surface area contributed by atoms with Crippen molar-refractivity contribution in [1.29, 1.82) is 0 Å². The summed E-state index contributed by atoms with van der Waals surface area (Å²) in [4.78, 5) is 9.25. The average Bonchev–Trinajstić information content (AvgIpc) is 2.20. The molecule has 0 heterocycles. The van der Waals surface area contributed by atoms with E-state index in [0.717, 1.165) is 11.6 Å². The van der Waals surface area contributed by atoms with Gasteiger partial charge in [-0.2, -0.15) is 0 Å². The molecule has 0 unspecified atom stereocenters. The average molecular weight is 190 g/mol. The molecule has 1 aromatic rings. The second-order valence-electron chi connectivity index (χ2n) is 2.69. The van der Waals surface area contributed by atoms with Crippen molar-refractivity contribution in [3.05, 3.63) is 55.1 Å². The van der Waals surface area contributed by atoms with E-state index in [-0.39, 0.29) is 0 Å². The van der Waals surface area contributed by atoms with E-state index < -0.39 is 5.97 Å². The van der Waals surface area contributed by atoms with Gasteiger partial charge in [0.25, 0.3) is 0 Å². The summed E-state index contributed by atoms with van der Waals surface area (Å²) < 4.78 is 0. The Labute approximate surface area is 84.2 Å². The smallest absolute Gasteiger partial charge is 0.327 e. The first-order chi connectivity index (χ1) is 6.57. The number of carboxylic acids is 1. The molecule has 0 amide bonds. The van der Waals surface area contributed by atoms with Crippen LogP contribution in [-0.4, -0.2) is 11.1 Å². The van der Waals surface area contributed by atoms with Gasteiger partial charge in [0.2, 0.25) is 0 Å². The zero-order valence-corrected chi connectivity index (χ0v) is 8.23. The van der Waals surface area contributed by atoms with E-state index in [1.165, 1.54) is 5.56 Å². The van der Waals surface area contributed by atoms with Crippen LogP contribution in [0, 0.1) is 0 Å². The van der Waals surface area contributed by atoms with E-state index in [2.05, 4.69) is 25.3 Å². The van der Waals surface area contributed by atoms with Crippen LogP contribution >= 0.6 is 0 Å². The van der Waals surface area contributed by atoms with E-state index in [1.807, 2.05) is 25.1 Å². The van der Waals surface area contributed by atoms with Crippen molar-refractivity contribution in [3.63, 3.8) is 0 Å². The number of rotatable bonds is 2. The Hall–Kier alpha value is -1.83. The summed E-state index contributed by atoms with van der Waals surface area (Å²) in [5, 5.41) is 7.60. The number of carboxylic acid groups (broad SMARTS) is 1. The number of aliphatic carboxylic acids is 1. The first-order valence-corrected chi connectivity index (χ1v) is 4.14. The Morgan fingerprint density at radius 2 is 1.79 bits per heavy atom. The number of allylic oxidation sites excluding steroid dienone is 1. The maximum atomic E-state index is 9.25. The van der Waals surface area contributed by atoms with Crippen LogP contribution in [0.1, 0.15) is 12.5 Å². The Morgan fingerprint density at radius 1 is 1.36 bits per heavy atom. The molecule has 14 heavy (non-hydrogen) atoms. The van der Waals surface area contributed by atoms with Gasteiger partial charge >= 0.3 is 5.97 Å². The summed E-state index contributed by atoms with van der Waals surface area (Å²) in [7, 11) is 0. The zero-order valence-electron chi connectivity index (χ0n) is 8.23. The molecule has 0 saturated heterocycles. The minimum Gasteiger partial charge on any atom is -0.478 e. The van der Waals surface area contributed by atoms with Gasteiger partial charge in [-0.1, -0.05) is 49.1 Å². The molecule has 1 N–H and O–H groups in total. The first-order valence-electron chi connectivity index (χ1n) is 4.14. The highest BCUT2D eigenvalue weighted by Gasteiger charge is 1.86. The molecule has 0 fully saturated rings. The molecule has 2 heteroatoms. The lowest BCUT2D eigenvalue weighted by Crippen LogP contribution is -1.82. The van der Waals surface area contributed by atoms with Crippen LogP contribution in [0.5, 0.6) is 0 Å². The second kappa shape index (κ2) is 6.66. The largest absolute Gasteiger partial charge is 0.478 e. The molecule has 0 bridgehead atoms. The Balaban J connectivity index is 0.000000292. The van der Waals surface area contributed by atoms with E-state index >= 15 is 0 Å². The van der Waals surface area contributed by atoms with E-state index in [4.69, 9.17) is 5.11 Å². The van der Waals surface area contributed by atoms with Crippen LogP contribution in [0.3, 0.4) is 0 Å². The van der Waals surface area contributed by atoms with Gasteiger partial charge in [-0.05, 0) is 12.5 Å². The standard InChI is InChI=1S/C9H10.C3H4O2/c1-8(2)9-6-4-3-5-7-9;1-2-3(4)5/h3-7H,1H2,2H3;2H,1H2,(H,4,5). The third kappa shape index (κ3) is 5.77. The van der Waals surface area contributed by atoms with Crippen LogP contribution in [0.2, 0.25) is 0 Å². The van der Waals surface area contributed by atoms with E-state index in [1.54, 1.807) is 0 Å². The lowest BCUT2D eigenvalue weighted by atomic mass is 10.1. The molecule has 0 aliphatic heterocycles. The summed E-state index contributed by atoms with van der Waals surface area (Å²) in [5.41, 5.74) is 2.34. The fourth-order valence-electron chi connectivity index (χ4n) is 0.723. The van der Waals surface area contributed by atoms with Crippen molar-refractivity contribution in [3.8, 4) is 0 Å². The zero-order chi connectivity index (χ0) is 11.0. The highest BCUT2D eigenvalue weighted by Crippen LogP contribution is 2.08. The van der Waals surface area contributed by atoms with Gasteiger partial charge in [-0.15, -0.1) is 0 Å². The first kappa shape index (κ1) is 12.2. The topological polar surface area (TPSA) is 37.3 Å². The monoisotopic (exact) mass is 190 g/mol. The second-order valence-corrected chi connectivity index (χ2v) is 2.69. The summed E-state index contributed by atoms with van der Waals surface area (Å²) >= 11 is 0. The summed E-state index contributed by atoms with van der Waals surface area (Å²) in [6.07, 6.45) is 0.833. The van der Waals surface area contributed by atoms with Crippen LogP contribution in [0.4, 0.5) is 0 Å². The molecular formula is C12H14O2. The fourth-order valence-corrected chi connectivity index (χ4v) is 0.723. The SMILES string of the molecule is C=C(C)c1ccccc1.C=CC(=O)O. The van der Waals surface area contributed by atoms with Gasteiger partial charge in [0.15, 0.2) is 0 Å². The van der Waals surface area contributed by atoms with Crippen molar-refractivity contribution in [2.75, 3.05) is 0 Å².